The van der Waals surface area contributed by atoms with E-state index >= 15 is 0 Å². The van der Waals surface area contributed by atoms with E-state index in [1.165, 1.54) is 0 Å². The highest BCUT2D eigenvalue weighted by Crippen LogP contribution is 2.03. The molecule has 0 bridgehead atoms. The van der Waals surface area contributed by atoms with E-state index in [4.69, 9.17) is 0 Å². The Labute approximate surface area is 66.4 Å². The van der Waals surface area contributed by atoms with Crippen molar-refractivity contribution < 1.29 is 4.79 Å². The largest absolute Gasteiger partial charge is 0.285 e. The molecule has 1 radical (unpaired) electrons. The van der Waals surface area contributed by atoms with E-state index in [9.17, 15) is 4.79 Å². The van der Waals surface area contributed by atoms with Crippen molar-refractivity contribution in [2.24, 2.45) is 0 Å². The maximum absolute atomic E-state index is 10.1. The maximum atomic E-state index is 10.1. The first-order valence-electron chi connectivity index (χ1n) is 3.44. The zero-order valence-electron chi connectivity index (χ0n) is 6.37. The van der Waals surface area contributed by atoms with Crippen LogP contribution < -0.4 is 0 Å². The molecular weight excluding hydrogens is 136 g/mol. The maximum Gasteiger partial charge on any atom is 0.228 e. The molecule has 0 aliphatic heterocycles. The predicted molar refractivity (Wildman–Crippen MR) is 45.8 cm³/mol. The van der Waals surface area contributed by atoms with E-state index in [0.29, 0.717) is 5.57 Å². The predicted octanol–water partition coefficient (Wildman–Crippen LogP) is 2.20. The Bertz CT molecular complexity index is 259. The Balaban J connectivity index is 2.87. The summed E-state index contributed by atoms with van der Waals surface area (Å²) in [5, 5.41) is 0. The summed E-state index contributed by atoms with van der Waals surface area (Å²) >= 11 is 0. The lowest BCUT2D eigenvalue weighted by Gasteiger charge is -1.90. The summed E-state index contributed by atoms with van der Waals surface area (Å²) < 4.78 is 0. The number of hydrogen-bond acceptors (Lipinski definition) is 1. The first kappa shape index (κ1) is 7.73. The van der Waals surface area contributed by atoms with Crippen molar-refractivity contribution in [3.63, 3.8) is 0 Å². The summed E-state index contributed by atoms with van der Waals surface area (Å²) in [6, 6.07) is 9.70. The third-order valence-electron chi connectivity index (χ3n) is 1.34. The summed E-state index contributed by atoms with van der Waals surface area (Å²) in [6.07, 6.45) is 3.62. The van der Waals surface area contributed by atoms with E-state index in [2.05, 4.69) is 0 Å². The number of allylic oxidation sites excluding steroid dienone is 1. The lowest BCUT2D eigenvalue weighted by molar-refractivity contribution is 0.562. The van der Waals surface area contributed by atoms with Gasteiger partial charge in [-0.1, -0.05) is 30.3 Å². The van der Waals surface area contributed by atoms with Gasteiger partial charge < -0.3 is 0 Å². The average Bonchev–Trinajstić information content (AvgIpc) is 2.06. The van der Waals surface area contributed by atoms with Crippen molar-refractivity contribution in [2.45, 2.75) is 6.92 Å². The summed E-state index contributed by atoms with van der Waals surface area (Å²) in [4.78, 5) is 10.1. The molecule has 0 fully saturated rings. The Hall–Kier alpha value is -1.37. The molecule has 11 heavy (non-hydrogen) atoms. The standard InChI is InChI=1S/C10H9O/c1-9(8-11)7-10-5-3-2-4-6-10/h2-7H,1H3. The molecule has 55 valence electrons. The summed E-state index contributed by atoms with van der Waals surface area (Å²) in [6.45, 7) is 1.74. The lowest BCUT2D eigenvalue weighted by atomic mass is 10.1. The van der Waals surface area contributed by atoms with E-state index in [-0.39, 0.29) is 0 Å². The minimum atomic E-state index is 0.621. The highest BCUT2D eigenvalue weighted by molar-refractivity contribution is 5.81. The van der Waals surface area contributed by atoms with Crippen LogP contribution in [0.4, 0.5) is 0 Å². The molecule has 0 heterocycles. The normalized spacial score (nSPS) is 11.2. The minimum Gasteiger partial charge on any atom is -0.285 e. The van der Waals surface area contributed by atoms with Gasteiger partial charge in [-0.3, -0.25) is 4.79 Å². The Morgan fingerprint density at radius 3 is 2.55 bits per heavy atom. The fourth-order valence-corrected chi connectivity index (χ4v) is 0.829. The van der Waals surface area contributed by atoms with Crippen molar-refractivity contribution in [3.05, 3.63) is 41.5 Å². The lowest BCUT2D eigenvalue weighted by Crippen LogP contribution is -1.76. The van der Waals surface area contributed by atoms with Gasteiger partial charge in [-0.05, 0) is 18.6 Å². The monoisotopic (exact) mass is 145 g/mol. The van der Waals surface area contributed by atoms with Crippen LogP contribution in [0.15, 0.2) is 35.9 Å². The van der Waals surface area contributed by atoms with Gasteiger partial charge in [0.25, 0.3) is 0 Å². The molecule has 1 aromatic rings. The molecule has 1 heteroatoms. The average molecular weight is 145 g/mol. The summed E-state index contributed by atoms with van der Waals surface area (Å²) in [7, 11) is 0. The van der Waals surface area contributed by atoms with Crippen LogP contribution in [-0.2, 0) is 4.79 Å². The fourth-order valence-electron chi connectivity index (χ4n) is 0.829. The van der Waals surface area contributed by atoms with Crippen LogP contribution in [0.25, 0.3) is 6.08 Å². The third-order valence-corrected chi connectivity index (χ3v) is 1.34. The van der Waals surface area contributed by atoms with Gasteiger partial charge in [-0.15, -0.1) is 0 Å². The Morgan fingerprint density at radius 1 is 1.36 bits per heavy atom. The van der Waals surface area contributed by atoms with E-state index in [1.807, 2.05) is 36.6 Å². The highest BCUT2D eigenvalue weighted by Gasteiger charge is 1.87. The molecule has 0 aliphatic rings. The van der Waals surface area contributed by atoms with Gasteiger partial charge in [0.1, 0.15) is 0 Å². The molecule has 0 unspecified atom stereocenters. The molecule has 0 saturated carbocycles. The van der Waals surface area contributed by atoms with Crippen LogP contribution in [0.1, 0.15) is 12.5 Å². The van der Waals surface area contributed by atoms with Gasteiger partial charge in [0.15, 0.2) is 0 Å². The molecule has 0 spiro atoms. The number of rotatable bonds is 2. The van der Waals surface area contributed by atoms with E-state index in [0.717, 1.165) is 5.56 Å². The third kappa shape index (κ3) is 2.38. The second-order valence-electron chi connectivity index (χ2n) is 2.34. The van der Waals surface area contributed by atoms with Crippen LogP contribution in [0.3, 0.4) is 0 Å². The second kappa shape index (κ2) is 3.71. The topological polar surface area (TPSA) is 17.1 Å². The highest BCUT2D eigenvalue weighted by atomic mass is 16.1. The van der Waals surface area contributed by atoms with Gasteiger partial charge in [-0.25, -0.2) is 0 Å². The Kier molecular flexibility index (Phi) is 2.61. The summed E-state index contributed by atoms with van der Waals surface area (Å²) in [5.41, 5.74) is 1.66. The van der Waals surface area contributed by atoms with Crippen LogP contribution in [0.2, 0.25) is 0 Å². The van der Waals surface area contributed by atoms with Crippen molar-refractivity contribution >= 4 is 12.4 Å². The first-order chi connectivity index (χ1) is 5.33. The van der Waals surface area contributed by atoms with Crippen LogP contribution in [-0.4, -0.2) is 6.29 Å². The van der Waals surface area contributed by atoms with Gasteiger partial charge >= 0.3 is 0 Å². The molecular formula is C10H9O. The Morgan fingerprint density at radius 2 is 2.00 bits per heavy atom. The molecule has 0 aromatic heterocycles. The molecule has 0 amide bonds. The number of carbonyl (C=O) groups excluding carboxylic acids is 1. The quantitative estimate of drug-likeness (QED) is 0.583. The van der Waals surface area contributed by atoms with Crippen molar-refractivity contribution in [1.29, 1.82) is 0 Å². The zero-order valence-corrected chi connectivity index (χ0v) is 6.37. The molecule has 1 aromatic carbocycles. The molecule has 0 atom stereocenters. The van der Waals surface area contributed by atoms with Crippen molar-refractivity contribution in [1.82, 2.24) is 0 Å². The molecule has 0 saturated heterocycles. The van der Waals surface area contributed by atoms with E-state index in [1.54, 1.807) is 13.0 Å². The van der Waals surface area contributed by atoms with Crippen molar-refractivity contribution in [3.8, 4) is 0 Å². The van der Waals surface area contributed by atoms with Crippen LogP contribution >= 0.6 is 0 Å². The van der Waals surface area contributed by atoms with Gasteiger partial charge in [0.05, 0.1) is 0 Å². The second-order valence-corrected chi connectivity index (χ2v) is 2.34. The zero-order chi connectivity index (χ0) is 8.10. The van der Waals surface area contributed by atoms with Crippen molar-refractivity contribution in [2.75, 3.05) is 0 Å². The summed E-state index contributed by atoms with van der Waals surface area (Å²) in [5.74, 6) is 0. The smallest absolute Gasteiger partial charge is 0.228 e. The van der Waals surface area contributed by atoms with Gasteiger partial charge in [0, 0.05) is 5.57 Å². The molecule has 1 nitrogen and oxygen atoms in total. The van der Waals surface area contributed by atoms with E-state index < -0.39 is 0 Å². The molecule has 1 rings (SSSR count). The minimum absolute atomic E-state index is 0.621. The SMILES string of the molecule is CC([C]=O)=Cc1ccccc1. The number of hydrogen-bond donors (Lipinski definition) is 0. The van der Waals surface area contributed by atoms with Gasteiger partial charge in [-0.2, -0.15) is 0 Å². The fraction of sp³-hybridized carbons (Fsp3) is 0.100. The van der Waals surface area contributed by atoms with Crippen LogP contribution in [0.5, 0.6) is 0 Å². The van der Waals surface area contributed by atoms with Crippen LogP contribution in [0, 0.1) is 0 Å². The van der Waals surface area contributed by atoms with Gasteiger partial charge in [0.2, 0.25) is 6.29 Å². The molecule has 0 N–H and O–H groups in total. The first-order valence-corrected chi connectivity index (χ1v) is 3.44. The number of benzene rings is 1. The molecule has 0 aliphatic carbocycles.